The summed E-state index contributed by atoms with van der Waals surface area (Å²) in [5, 5.41) is 8.68. The summed E-state index contributed by atoms with van der Waals surface area (Å²) in [6.07, 6.45) is 5.61. The first-order chi connectivity index (χ1) is 9.08. The quantitative estimate of drug-likeness (QED) is 0.830. The molecule has 0 aliphatic rings. The van der Waals surface area contributed by atoms with Crippen molar-refractivity contribution in [2.24, 2.45) is 0 Å². The summed E-state index contributed by atoms with van der Waals surface area (Å²) in [6, 6.07) is 8.04. The minimum Gasteiger partial charge on any atom is -0.481 e. The van der Waals surface area contributed by atoms with E-state index >= 15 is 0 Å². The van der Waals surface area contributed by atoms with Gasteiger partial charge in [-0.15, -0.1) is 0 Å². The Kier molecular flexibility index (Phi) is 6.97. The van der Waals surface area contributed by atoms with Crippen LogP contribution in [0.4, 0.5) is 0 Å². The van der Waals surface area contributed by atoms with E-state index in [1.54, 1.807) is 6.92 Å². The van der Waals surface area contributed by atoms with Crippen molar-refractivity contribution < 1.29 is 14.7 Å². The number of carbonyl (C=O) groups excluding carboxylic acids is 1. The molecule has 19 heavy (non-hydrogen) atoms. The zero-order valence-corrected chi connectivity index (χ0v) is 11.8. The number of aliphatic carboxylic acids is 1. The predicted octanol–water partition coefficient (Wildman–Crippen LogP) is 3.39. The Morgan fingerprint density at radius 3 is 2.53 bits per heavy atom. The van der Waals surface area contributed by atoms with Crippen molar-refractivity contribution in [3.8, 4) is 0 Å². The molecule has 0 saturated heterocycles. The van der Waals surface area contributed by atoms with E-state index in [0.717, 1.165) is 17.5 Å². The van der Waals surface area contributed by atoms with Crippen molar-refractivity contribution in [1.29, 1.82) is 0 Å². The van der Waals surface area contributed by atoms with Gasteiger partial charge < -0.3 is 5.11 Å². The van der Waals surface area contributed by atoms with Crippen LogP contribution in [-0.4, -0.2) is 21.9 Å². The maximum Gasteiger partial charge on any atom is 0.303 e. The number of benzene rings is 1. The van der Waals surface area contributed by atoms with Crippen LogP contribution in [-0.2, 0) is 16.0 Å². The van der Waals surface area contributed by atoms with E-state index in [1.165, 1.54) is 11.8 Å². The lowest BCUT2D eigenvalue weighted by Crippen LogP contribution is -1.95. The maximum atomic E-state index is 10.7. The van der Waals surface area contributed by atoms with E-state index in [-0.39, 0.29) is 11.5 Å². The normalized spacial score (nSPS) is 10.8. The fourth-order valence-electron chi connectivity index (χ4n) is 1.59. The van der Waals surface area contributed by atoms with Gasteiger partial charge in [-0.05, 0) is 24.0 Å². The number of hydrogen-bond donors (Lipinski definition) is 1. The molecule has 1 aromatic rings. The summed E-state index contributed by atoms with van der Waals surface area (Å²) >= 11 is 1.29. The Balaban J connectivity index is 2.38. The SMILES string of the molecule is CC(=O)SCC=Cc1ccc(CCCC(=O)O)cc1. The highest BCUT2D eigenvalue weighted by Crippen LogP contribution is 2.10. The molecule has 3 nitrogen and oxygen atoms in total. The van der Waals surface area contributed by atoms with Crippen molar-refractivity contribution in [3.05, 3.63) is 41.5 Å². The van der Waals surface area contributed by atoms with Crippen LogP contribution in [0.3, 0.4) is 0 Å². The molecule has 0 unspecified atom stereocenters. The Morgan fingerprint density at radius 2 is 1.95 bits per heavy atom. The standard InChI is InChI=1S/C15H18O3S/c1-12(16)19-11-3-5-14-9-7-13(8-10-14)4-2-6-15(17)18/h3,5,7-10H,2,4,6,11H2,1H3,(H,17,18). The molecule has 0 radical (unpaired) electrons. The first-order valence-electron chi connectivity index (χ1n) is 6.18. The molecule has 1 N–H and O–H groups in total. The molecule has 0 heterocycles. The van der Waals surface area contributed by atoms with Gasteiger partial charge >= 0.3 is 5.97 Å². The first-order valence-corrected chi connectivity index (χ1v) is 7.17. The average Bonchev–Trinajstić information content (AvgIpc) is 2.36. The van der Waals surface area contributed by atoms with Gasteiger partial charge in [-0.1, -0.05) is 48.2 Å². The molecule has 0 spiro atoms. The van der Waals surface area contributed by atoms with E-state index in [1.807, 2.05) is 36.4 Å². The van der Waals surface area contributed by atoms with Crippen LogP contribution < -0.4 is 0 Å². The lowest BCUT2D eigenvalue weighted by molar-refractivity contribution is -0.137. The van der Waals surface area contributed by atoms with Gasteiger partial charge in [0.05, 0.1) is 0 Å². The fraction of sp³-hybridized carbons (Fsp3) is 0.333. The highest BCUT2D eigenvalue weighted by atomic mass is 32.2. The van der Waals surface area contributed by atoms with Crippen molar-refractivity contribution in [3.63, 3.8) is 0 Å². The van der Waals surface area contributed by atoms with E-state index in [4.69, 9.17) is 5.11 Å². The summed E-state index contributed by atoms with van der Waals surface area (Å²) in [5.74, 6) is -0.0575. The third-order valence-corrected chi connectivity index (χ3v) is 3.29. The maximum absolute atomic E-state index is 10.7. The van der Waals surface area contributed by atoms with E-state index < -0.39 is 5.97 Å². The summed E-state index contributed by atoms with van der Waals surface area (Å²) in [5.41, 5.74) is 2.24. The lowest BCUT2D eigenvalue weighted by Gasteiger charge is -2.00. The smallest absolute Gasteiger partial charge is 0.303 e. The number of aryl methyl sites for hydroxylation is 1. The van der Waals surface area contributed by atoms with Gasteiger partial charge in [-0.25, -0.2) is 0 Å². The van der Waals surface area contributed by atoms with Crippen LogP contribution in [0.15, 0.2) is 30.3 Å². The van der Waals surface area contributed by atoms with Crippen LogP contribution in [0, 0.1) is 0 Å². The van der Waals surface area contributed by atoms with Gasteiger partial charge in [-0.3, -0.25) is 9.59 Å². The van der Waals surface area contributed by atoms with E-state index in [0.29, 0.717) is 12.2 Å². The molecule has 102 valence electrons. The van der Waals surface area contributed by atoms with Crippen molar-refractivity contribution in [2.75, 3.05) is 5.75 Å². The van der Waals surface area contributed by atoms with Gasteiger partial charge in [0.1, 0.15) is 0 Å². The molecule has 0 bridgehead atoms. The highest BCUT2D eigenvalue weighted by Gasteiger charge is 1.98. The van der Waals surface area contributed by atoms with Gasteiger partial charge in [-0.2, -0.15) is 0 Å². The molecule has 0 saturated carbocycles. The molecular formula is C15H18O3S. The lowest BCUT2D eigenvalue weighted by atomic mass is 10.1. The zero-order valence-electron chi connectivity index (χ0n) is 11.0. The number of carboxylic acids is 1. The third kappa shape index (κ3) is 7.47. The average molecular weight is 278 g/mol. The van der Waals surface area contributed by atoms with Gasteiger partial charge in [0, 0.05) is 19.1 Å². The van der Waals surface area contributed by atoms with Crippen molar-refractivity contribution in [1.82, 2.24) is 0 Å². The summed E-state index contributed by atoms with van der Waals surface area (Å²) in [6.45, 7) is 1.56. The fourth-order valence-corrected chi connectivity index (χ4v) is 2.02. The second-order valence-electron chi connectivity index (χ2n) is 4.19. The molecule has 1 aromatic carbocycles. The number of hydrogen-bond acceptors (Lipinski definition) is 3. The predicted molar refractivity (Wildman–Crippen MR) is 79.2 cm³/mol. The summed E-state index contributed by atoms with van der Waals surface area (Å²) in [7, 11) is 0. The second kappa shape index (κ2) is 8.53. The minimum absolute atomic E-state index is 0.124. The van der Waals surface area contributed by atoms with Crippen LogP contribution in [0.1, 0.15) is 30.9 Å². The van der Waals surface area contributed by atoms with Gasteiger partial charge in [0.25, 0.3) is 0 Å². The molecule has 0 amide bonds. The second-order valence-corrected chi connectivity index (χ2v) is 5.39. The van der Waals surface area contributed by atoms with Gasteiger partial charge in [0.2, 0.25) is 0 Å². The molecular weight excluding hydrogens is 260 g/mol. The van der Waals surface area contributed by atoms with E-state index in [2.05, 4.69) is 0 Å². The summed E-state index contributed by atoms with van der Waals surface area (Å²) in [4.78, 5) is 21.1. The molecule has 4 heteroatoms. The molecule has 1 rings (SSSR count). The van der Waals surface area contributed by atoms with Crippen molar-refractivity contribution in [2.45, 2.75) is 26.2 Å². The van der Waals surface area contributed by atoms with Gasteiger partial charge in [0.15, 0.2) is 5.12 Å². The third-order valence-electron chi connectivity index (χ3n) is 2.53. The Morgan fingerprint density at radius 1 is 1.26 bits per heavy atom. The van der Waals surface area contributed by atoms with Crippen LogP contribution in [0.25, 0.3) is 6.08 Å². The number of rotatable bonds is 7. The van der Waals surface area contributed by atoms with E-state index in [9.17, 15) is 9.59 Å². The zero-order chi connectivity index (χ0) is 14.1. The Labute approximate surface area is 117 Å². The molecule has 0 atom stereocenters. The van der Waals surface area contributed by atoms with Crippen LogP contribution >= 0.6 is 11.8 Å². The topological polar surface area (TPSA) is 54.4 Å². The monoisotopic (exact) mass is 278 g/mol. The Bertz CT molecular complexity index is 449. The van der Waals surface area contributed by atoms with Crippen LogP contribution in [0.2, 0.25) is 0 Å². The number of thioether (sulfide) groups is 1. The Hall–Kier alpha value is -1.55. The summed E-state index contributed by atoms with van der Waals surface area (Å²) < 4.78 is 0. The van der Waals surface area contributed by atoms with Crippen molar-refractivity contribution >= 4 is 28.9 Å². The highest BCUT2D eigenvalue weighted by molar-refractivity contribution is 8.13. The first kappa shape index (κ1) is 15.5. The molecule has 0 aromatic heterocycles. The molecule has 0 fully saturated rings. The number of carboxylic acid groups (broad SMARTS) is 1. The molecule has 0 aliphatic carbocycles. The van der Waals surface area contributed by atoms with Crippen LogP contribution in [0.5, 0.6) is 0 Å². The largest absolute Gasteiger partial charge is 0.481 e. The minimum atomic E-state index is -0.748. The number of carbonyl (C=O) groups is 2. The molecule has 0 aliphatic heterocycles.